The SMILES string of the molecule is CCC(CC)CNS(=O)(=O)c1ccc([N+](=O)[O-])c(NC)c1. The van der Waals surface area contributed by atoms with Gasteiger partial charge in [0, 0.05) is 19.7 Å². The molecule has 0 amide bonds. The fourth-order valence-corrected chi connectivity index (χ4v) is 3.07. The molecule has 2 N–H and O–H groups in total. The molecule has 0 bridgehead atoms. The fourth-order valence-electron chi connectivity index (χ4n) is 1.93. The van der Waals surface area contributed by atoms with Gasteiger partial charge in [-0.1, -0.05) is 26.7 Å². The van der Waals surface area contributed by atoms with Crippen LogP contribution in [0.15, 0.2) is 23.1 Å². The maximum absolute atomic E-state index is 12.2. The summed E-state index contributed by atoms with van der Waals surface area (Å²) in [6, 6.07) is 3.71. The number of rotatable bonds is 8. The molecule has 0 spiro atoms. The highest BCUT2D eigenvalue weighted by Gasteiger charge is 2.20. The molecule has 118 valence electrons. The van der Waals surface area contributed by atoms with Gasteiger partial charge in [-0.2, -0.15) is 0 Å². The lowest BCUT2D eigenvalue weighted by Crippen LogP contribution is -2.29. The first-order chi connectivity index (χ1) is 9.85. The highest BCUT2D eigenvalue weighted by Crippen LogP contribution is 2.26. The number of benzene rings is 1. The highest BCUT2D eigenvalue weighted by atomic mass is 32.2. The number of nitrogens with one attached hydrogen (secondary N) is 2. The molecule has 1 aromatic carbocycles. The van der Waals surface area contributed by atoms with Crippen LogP contribution in [-0.4, -0.2) is 26.9 Å². The molecule has 8 heteroatoms. The van der Waals surface area contributed by atoms with Crippen molar-refractivity contribution in [2.75, 3.05) is 18.9 Å². The van der Waals surface area contributed by atoms with Crippen LogP contribution in [0.3, 0.4) is 0 Å². The topological polar surface area (TPSA) is 101 Å². The van der Waals surface area contributed by atoms with Crippen LogP contribution in [0.1, 0.15) is 26.7 Å². The number of hydrogen-bond donors (Lipinski definition) is 2. The summed E-state index contributed by atoms with van der Waals surface area (Å²) >= 11 is 0. The Balaban J connectivity index is 3.01. The fraction of sp³-hybridized carbons (Fsp3) is 0.538. The Morgan fingerprint density at radius 1 is 1.29 bits per heavy atom. The average Bonchev–Trinajstić information content (AvgIpc) is 2.47. The number of anilines is 1. The van der Waals surface area contributed by atoms with Gasteiger partial charge in [0.05, 0.1) is 9.82 Å². The van der Waals surface area contributed by atoms with E-state index >= 15 is 0 Å². The minimum atomic E-state index is -3.66. The van der Waals surface area contributed by atoms with Crippen LogP contribution in [-0.2, 0) is 10.0 Å². The predicted octanol–water partition coefficient (Wildman–Crippen LogP) is 2.35. The third-order valence-electron chi connectivity index (χ3n) is 3.46. The molecule has 0 aromatic heterocycles. The molecule has 0 unspecified atom stereocenters. The van der Waals surface area contributed by atoms with E-state index in [4.69, 9.17) is 0 Å². The second kappa shape index (κ2) is 7.37. The molecule has 0 fully saturated rings. The van der Waals surface area contributed by atoms with Crippen LogP contribution in [0, 0.1) is 16.0 Å². The van der Waals surface area contributed by atoms with E-state index in [-0.39, 0.29) is 22.2 Å². The second-order valence-electron chi connectivity index (χ2n) is 4.72. The van der Waals surface area contributed by atoms with Crippen molar-refractivity contribution in [1.29, 1.82) is 0 Å². The summed E-state index contributed by atoms with van der Waals surface area (Å²) in [7, 11) is -2.15. The minimum absolute atomic E-state index is 0.0170. The van der Waals surface area contributed by atoms with Crippen LogP contribution in [0.25, 0.3) is 0 Å². The third kappa shape index (κ3) is 4.40. The molecule has 21 heavy (non-hydrogen) atoms. The lowest BCUT2D eigenvalue weighted by atomic mass is 10.0. The standard InChI is InChI=1S/C13H21N3O4S/c1-4-10(5-2)9-15-21(19,20)11-6-7-13(16(17)18)12(8-11)14-3/h6-8,10,14-15H,4-5,9H2,1-3H3. The Hall–Kier alpha value is -1.67. The molecule has 0 aliphatic carbocycles. The van der Waals surface area contributed by atoms with E-state index in [0.717, 1.165) is 12.8 Å². The normalized spacial score (nSPS) is 11.6. The van der Waals surface area contributed by atoms with E-state index in [0.29, 0.717) is 6.54 Å². The average molecular weight is 315 g/mol. The van der Waals surface area contributed by atoms with E-state index < -0.39 is 14.9 Å². The molecule has 1 aromatic rings. The van der Waals surface area contributed by atoms with Crippen molar-refractivity contribution < 1.29 is 13.3 Å². The first-order valence-electron chi connectivity index (χ1n) is 6.81. The number of nitro groups is 1. The Morgan fingerprint density at radius 3 is 2.38 bits per heavy atom. The molecular weight excluding hydrogens is 294 g/mol. The van der Waals surface area contributed by atoms with E-state index in [1.807, 2.05) is 13.8 Å². The van der Waals surface area contributed by atoms with E-state index in [1.54, 1.807) is 0 Å². The van der Waals surface area contributed by atoms with Gasteiger partial charge < -0.3 is 5.32 Å². The Labute approximate surface area is 124 Å². The summed E-state index contributed by atoms with van der Waals surface area (Å²) in [4.78, 5) is 10.3. The van der Waals surface area contributed by atoms with E-state index in [2.05, 4.69) is 10.0 Å². The lowest BCUT2D eigenvalue weighted by Gasteiger charge is -2.14. The summed E-state index contributed by atoms with van der Waals surface area (Å²) in [5.41, 5.74) is 0.0156. The van der Waals surface area contributed by atoms with Gasteiger partial charge in [0.1, 0.15) is 5.69 Å². The zero-order valence-electron chi connectivity index (χ0n) is 12.4. The van der Waals surface area contributed by atoms with Crippen molar-refractivity contribution in [3.8, 4) is 0 Å². The summed E-state index contributed by atoms with van der Waals surface area (Å²) in [6.45, 7) is 4.38. The summed E-state index contributed by atoms with van der Waals surface area (Å²) in [5, 5.41) is 13.5. The van der Waals surface area contributed by atoms with Crippen LogP contribution in [0.5, 0.6) is 0 Å². The molecule has 0 aliphatic heterocycles. The molecule has 0 radical (unpaired) electrons. The minimum Gasteiger partial charge on any atom is -0.383 e. The molecule has 0 saturated carbocycles. The zero-order chi connectivity index (χ0) is 16.0. The Kier molecular flexibility index (Phi) is 6.10. The van der Waals surface area contributed by atoms with Gasteiger partial charge in [0.15, 0.2) is 0 Å². The number of hydrogen-bond acceptors (Lipinski definition) is 5. The van der Waals surface area contributed by atoms with Crippen LogP contribution in [0.2, 0.25) is 0 Å². The number of sulfonamides is 1. The predicted molar refractivity (Wildman–Crippen MR) is 81.9 cm³/mol. The molecule has 7 nitrogen and oxygen atoms in total. The smallest absolute Gasteiger partial charge is 0.292 e. The molecule has 0 heterocycles. The van der Waals surface area contributed by atoms with E-state index in [9.17, 15) is 18.5 Å². The zero-order valence-corrected chi connectivity index (χ0v) is 13.2. The maximum atomic E-state index is 12.2. The van der Waals surface area contributed by atoms with Gasteiger partial charge in [-0.25, -0.2) is 13.1 Å². The van der Waals surface area contributed by atoms with Gasteiger partial charge in [0.2, 0.25) is 10.0 Å². The maximum Gasteiger partial charge on any atom is 0.292 e. The van der Waals surface area contributed by atoms with Crippen LogP contribution in [0.4, 0.5) is 11.4 Å². The molecule has 0 saturated heterocycles. The second-order valence-corrected chi connectivity index (χ2v) is 6.49. The Morgan fingerprint density at radius 2 is 1.90 bits per heavy atom. The van der Waals surface area contributed by atoms with Crippen molar-refractivity contribution in [3.05, 3.63) is 28.3 Å². The Bertz CT molecular complexity index is 597. The van der Waals surface area contributed by atoms with Crippen LogP contribution >= 0.6 is 0 Å². The molecule has 0 aliphatic rings. The molecule has 1 rings (SSSR count). The van der Waals surface area contributed by atoms with Gasteiger partial charge in [-0.3, -0.25) is 10.1 Å². The highest BCUT2D eigenvalue weighted by molar-refractivity contribution is 7.89. The van der Waals surface area contributed by atoms with Crippen LogP contribution < -0.4 is 10.0 Å². The van der Waals surface area contributed by atoms with Crippen molar-refractivity contribution in [3.63, 3.8) is 0 Å². The van der Waals surface area contributed by atoms with Gasteiger partial charge in [0.25, 0.3) is 5.69 Å². The molecule has 0 atom stereocenters. The van der Waals surface area contributed by atoms with Gasteiger partial charge in [-0.05, 0) is 18.1 Å². The van der Waals surface area contributed by atoms with Crippen molar-refractivity contribution in [2.24, 2.45) is 5.92 Å². The largest absolute Gasteiger partial charge is 0.383 e. The van der Waals surface area contributed by atoms with Gasteiger partial charge in [-0.15, -0.1) is 0 Å². The first-order valence-corrected chi connectivity index (χ1v) is 8.29. The first kappa shape index (κ1) is 17.4. The monoisotopic (exact) mass is 315 g/mol. The summed E-state index contributed by atoms with van der Waals surface area (Å²) in [5.74, 6) is 0.279. The lowest BCUT2D eigenvalue weighted by molar-refractivity contribution is -0.384. The van der Waals surface area contributed by atoms with Crippen molar-refractivity contribution in [1.82, 2.24) is 4.72 Å². The molecular formula is C13H21N3O4S. The summed E-state index contributed by atoms with van der Waals surface area (Å²) in [6.07, 6.45) is 1.78. The number of nitro benzene ring substituents is 1. The van der Waals surface area contributed by atoms with E-state index in [1.165, 1.54) is 25.2 Å². The summed E-state index contributed by atoms with van der Waals surface area (Å²) < 4.78 is 27.0. The quantitative estimate of drug-likeness (QED) is 0.566. The number of nitrogens with zero attached hydrogens (tertiary/aromatic N) is 1. The van der Waals surface area contributed by atoms with Crippen molar-refractivity contribution in [2.45, 2.75) is 31.6 Å². The van der Waals surface area contributed by atoms with Crippen molar-refractivity contribution >= 4 is 21.4 Å². The third-order valence-corrected chi connectivity index (χ3v) is 4.88. The van der Waals surface area contributed by atoms with Gasteiger partial charge >= 0.3 is 0 Å².